The average molecular weight is 274 g/mol. The molecule has 0 amide bonds. The monoisotopic (exact) mass is 274 g/mol. The maximum absolute atomic E-state index is 11.4. The van der Waals surface area contributed by atoms with Gasteiger partial charge in [-0.1, -0.05) is 0 Å². The number of carbonyl (C=O) groups excluding carboxylic acids is 1. The highest BCUT2D eigenvalue weighted by atomic mass is 16.5. The summed E-state index contributed by atoms with van der Waals surface area (Å²) in [5.41, 5.74) is 0.674. The second-order valence-corrected chi connectivity index (χ2v) is 4.23. The van der Waals surface area contributed by atoms with Crippen molar-refractivity contribution in [3.05, 3.63) is 36.0 Å². The fourth-order valence-electron chi connectivity index (χ4n) is 1.40. The van der Waals surface area contributed by atoms with E-state index in [1.165, 1.54) is 6.20 Å². The third-order valence-electron chi connectivity index (χ3n) is 2.23. The molecular weight excluding hydrogens is 256 g/mol. The Hall–Kier alpha value is -2.48. The second kappa shape index (κ2) is 7.85. The lowest BCUT2D eigenvalue weighted by atomic mass is 10.3. The summed E-state index contributed by atoms with van der Waals surface area (Å²) in [6.07, 6.45) is 1.44. The van der Waals surface area contributed by atoms with Crippen LogP contribution in [0, 0.1) is 11.3 Å². The summed E-state index contributed by atoms with van der Waals surface area (Å²) < 4.78 is 10.3. The van der Waals surface area contributed by atoms with Crippen LogP contribution in [0.3, 0.4) is 0 Å². The molecule has 0 radical (unpaired) electrons. The Morgan fingerprint density at radius 2 is 2.05 bits per heavy atom. The molecule has 0 saturated heterocycles. The minimum atomic E-state index is -0.637. The van der Waals surface area contributed by atoms with E-state index in [0.29, 0.717) is 0 Å². The van der Waals surface area contributed by atoms with Crippen LogP contribution in [0.1, 0.15) is 20.8 Å². The van der Waals surface area contributed by atoms with Crippen molar-refractivity contribution in [2.75, 3.05) is 11.9 Å². The molecule has 1 rings (SSSR count). The van der Waals surface area contributed by atoms with Crippen molar-refractivity contribution in [1.29, 1.82) is 5.26 Å². The molecule has 106 valence electrons. The van der Waals surface area contributed by atoms with Crippen LogP contribution in [-0.4, -0.2) is 18.7 Å². The van der Waals surface area contributed by atoms with Gasteiger partial charge in [-0.25, -0.2) is 4.79 Å². The molecular formula is C15H18N2O3. The summed E-state index contributed by atoms with van der Waals surface area (Å²) in [4.78, 5) is 11.4. The maximum atomic E-state index is 11.4. The fourth-order valence-corrected chi connectivity index (χ4v) is 1.40. The van der Waals surface area contributed by atoms with E-state index in [2.05, 4.69) is 5.32 Å². The Bertz CT molecular complexity index is 513. The first-order valence-corrected chi connectivity index (χ1v) is 6.37. The number of esters is 1. The minimum Gasteiger partial charge on any atom is -0.491 e. The van der Waals surface area contributed by atoms with E-state index in [4.69, 9.17) is 14.7 Å². The van der Waals surface area contributed by atoms with Gasteiger partial charge in [0.2, 0.25) is 0 Å². The molecule has 0 bridgehead atoms. The van der Waals surface area contributed by atoms with Gasteiger partial charge in [-0.3, -0.25) is 0 Å². The van der Waals surface area contributed by atoms with Crippen LogP contribution in [0.4, 0.5) is 5.69 Å². The average Bonchev–Trinajstić information content (AvgIpc) is 2.41. The van der Waals surface area contributed by atoms with E-state index in [9.17, 15) is 4.79 Å². The van der Waals surface area contributed by atoms with Crippen LogP contribution in [0.2, 0.25) is 0 Å². The molecule has 1 aromatic rings. The van der Waals surface area contributed by atoms with Gasteiger partial charge in [-0.15, -0.1) is 0 Å². The van der Waals surface area contributed by atoms with Gasteiger partial charge in [0.15, 0.2) is 5.57 Å². The zero-order chi connectivity index (χ0) is 15.0. The topological polar surface area (TPSA) is 71.4 Å². The first kappa shape index (κ1) is 15.6. The summed E-state index contributed by atoms with van der Waals surface area (Å²) >= 11 is 0. The smallest absolute Gasteiger partial charge is 0.350 e. The van der Waals surface area contributed by atoms with E-state index in [1.807, 2.05) is 26.0 Å². The van der Waals surface area contributed by atoms with Gasteiger partial charge in [-0.2, -0.15) is 5.26 Å². The Labute approximate surface area is 118 Å². The molecule has 0 atom stereocenters. The molecule has 0 fully saturated rings. The molecule has 0 heterocycles. The summed E-state index contributed by atoms with van der Waals surface area (Å²) in [5, 5.41) is 11.7. The number of hydrogen-bond donors (Lipinski definition) is 1. The van der Waals surface area contributed by atoms with Gasteiger partial charge in [0.1, 0.15) is 11.8 Å². The fraction of sp³-hybridized carbons (Fsp3) is 0.333. The van der Waals surface area contributed by atoms with Crippen LogP contribution in [0.5, 0.6) is 5.75 Å². The normalized spacial score (nSPS) is 10.8. The highest BCUT2D eigenvalue weighted by molar-refractivity contribution is 5.93. The van der Waals surface area contributed by atoms with Crippen molar-refractivity contribution in [3.8, 4) is 11.8 Å². The van der Waals surface area contributed by atoms with Gasteiger partial charge in [-0.05, 0) is 45.0 Å². The molecule has 1 aromatic carbocycles. The van der Waals surface area contributed by atoms with Crippen molar-refractivity contribution in [3.63, 3.8) is 0 Å². The van der Waals surface area contributed by atoms with E-state index < -0.39 is 5.97 Å². The molecule has 0 saturated carbocycles. The van der Waals surface area contributed by atoms with Gasteiger partial charge < -0.3 is 14.8 Å². The lowest BCUT2D eigenvalue weighted by molar-refractivity contribution is -0.138. The lowest BCUT2D eigenvalue weighted by Crippen LogP contribution is -2.08. The summed E-state index contributed by atoms with van der Waals surface area (Å²) in [6, 6.07) is 9.02. The van der Waals surface area contributed by atoms with Gasteiger partial charge in [0.05, 0.1) is 12.7 Å². The van der Waals surface area contributed by atoms with Crippen LogP contribution in [0.15, 0.2) is 36.0 Å². The Kier molecular flexibility index (Phi) is 6.11. The molecule has 0 aromatic heterocycles. The minimum absolute atomic E-state index is 0.0747. The van der Waals surface area contributed by atoms with Crippen molar-refractivity contribution in [2.24, 2.45) is 0 Å². The molecule has 0 unspecified atom stereocenters. The number of benzene rings is 1. The van der Waals surface area contributed by atoms with Crippen molar-refractivity contribution >= 4 is 11.7 Å². The quantitative estimate of drug-likeness (QED) is 0.490. The predicted molar refractivity (Wildman–Crippen MR) is 76.2 cm³/mol. The van der Waals surface area contributed by atoms with Crippen molar-refractivity contribution < 1.29 is 14.3 Å². The molecule has 0 aliphatic heterocycles. The van der Waals surface area contributed by atoms with E-state index in [0.717, 1.165) is 11.4 Å². The molecule has 0 aliphatic carbocycles. The molecule has 5 heteroatoms. The number of carbonyl (C=O) groups is 1. The Morgan fingerprint density at radius 3 is 2.55 bits per heavy atom. The van der Waals surface area contributed by atoms with Gasteiger partial charge >= 0.3 is 5.97 Å². The third-order valence-corrected chi connectivity index (χ3v) is 2.23. The molecule has 20 heavy (non-hydrogen) atoms. The van der Waals surface area contributed by atoms with Gasteiger partial charge in [0, 0.05) is 11.9 Å². The highest BCUT2D eigenvalue weighted by Crippen LogP contribution is 2.17. The number of rotatable bonds is 6. The second-order valence-electron chi connectivity index (χ2n) is 4.23. The Morgan fingerprint density at radius 1 is 1.40 bits per heavy atom. The van der Waals surface area contributed by atoms with Crippen LogP contribution < -0.4 is 10.1 Å². The number of nitrogens with one attached hydrogen (secondary N) is 1. The molecule has 5 nitrogen and oxygen atoms in total. The first-order valence-electron chi connectivity index (χ1n) is 6.37. The molecule has 0 aliphatic rings. The van der Waals surface area contributed by atoms with Crippen molar-refractivity contribution in [1.82, 2.24) is 0 Å². The summed E-state index contributed by atoms with van der Waals surface area (Å²) in [5.74, 6) is 0.127. The molecule has 1 N–H and O–H groups in total. The first-order chi connectivity index (χ1) is 9.56. The largest absolute Gasteiger partial charge is 0.491 e. The zero-order valence-electron chi connectivity index (χ0n) is 11.8. The predicted octanol–water partition coefficient (Wildman–Crippen LogP) is 2.86. The highest BCUT2D eigenvalue weighted by Gasteiger charge is 2.09. The van der Waals surface area contributed by atoms with Crippen LogP contribution in [-0.2, 0) is 9.53 Å². The van der Waals surface area contributed by atoms with E-state index in [1.54, 1.807) is 25.1 Å². The summed E-state index contributed by atoms with van der Waals surface area (Å²) in [6.45, 7) is 5.83. The maximum Gasteiger partial charge on any atom is 0.350 e. The number of hydrogen-bond acceptors (Lipinski definition) is 5. The third kappa shape index (κ3) is 5.02. The number of ether oxygens (including phenoxy) is 2. The van der Waals surface area contributed by atoms with Crippen molar-refractivity contribution in [2.45, 2.75) is 26.9 Å². The Balaban J connectivity index is 2.68. The van der Waals surface area contributed by atoms with E-state index in [-0.39, 0.29) is 18.3 Å². The number of anilines is 1. The summed E-state index contributed by atoms with van der Waals surface area (Å²) in [7, 11) is 0. The standard InChI is InChI=1S/C15H18N2O3/c1-4-19-15(18)12(9-16)10-17-13-5-7-14(8-6-13)20-11(2)3/h5-8,10-11,17H,4H2,1-3H3/b12-10+. The van der Waals surface area contributed by atoms with Crippen LogP contribution >= 0.6 is 0 Å². The lowest BCUT2D eigenvalue weighted by Gasteiger charge is -2.10. The number of nitriles is 1. The van der Waals surface area contributed by atoms with Gasteiger partial charge in [0.25, 0.3) is 0 Å². The van der Waals surface area contributed by atoms with E-state index >= 15 is 0 Å². The zero-order valence-corrected chi connectivity index (χ0v) is 11.8. The van der Waals surface area contributed by atoms with Crippen LogP contribution in [0.25, 0.3) is 0 Å². The molecule has 0 spiro atoms. The SMILES string of the molecule is CCOC(=O)/C(C#N)=C/Nc1ccc(OC(C)C)cc1. The number of nitrogens with zero attached hydrogens (tertiary/aromatic N) is 1.